The van der Waals surface area contributed by atoms with Gasteiger partial charge in [0.05, 0.1) is 32.1 Å². The van der Waals surface area contributed by atoms with Gasteiger partial charge in [-0.15, -0.1) is 0 Å². The smallest absolute Gasteiger partial charge is 0.227 e. The van der Waals surface area contributed by atoms with Crippen molar-refractivity contribution in [2.24, 2.45) is 0 Å². The second-order valence-electron chi connectivity index (χ2n) is 8.57. The number of carbonyl (C=O) groups is 1. The highest BCUT2D eigenvalue weighted by atomic mass is 16.2. The Labute approximate surface area is 159 Å². The lowest BCUT2D eigenvalue weighted by Crippen LogP contribution is -3.11. The zero-order chi connectivity index (χ0) is 18.5. The number of carbonyl (C=O) groups excluding carboxylic acids is 1. The maximum absolute atomic E-state index is 13.1. The highest BCUT2D eigenvalue weighted by molar-refractivity contribution is 5.96. The zero-order valence-corrected chi connectivity index (χ0v) is 17.0. The molecule has 1 amide bonds. The van der Waals surface area contributed by atoms with Crippen LogP contribution in [0.15, 0.2) is 18.2 Å². The van der Waals surface area contributed by atoms with Gasteiger partial charge in [0.15, 0.2) is 0 Å². The van der Waals surface area contributed by atoms with Crippen LogP contribution in [0.25, 0.3) is 0 Å². The summed E-state index contributed by atoms with van der Waals surface area (Å²) in [6, 6.07) is 7.08. The van der Waals surface area contributed by atoms with E-state index < -0.39 is 0 Å². The highest BCUT2D eigenvalue weighted by Gasteiger charge is 2.45. The normalized spacial score (nSPS) is 24.4. The minimum absolute atomic E-state index is 0.357. The number of benzene rings is 1. The van der Waals surface area contributed by atoms with Crippen LogP contribution in [0.3, 0.4) is 0 Å². The standard InChI is InChI=1S/C23H36N2O/c1-4-5-6-7-8-9-10-11-23(26)25-21-13-12-18(2)16-19(21)20-17-24(3)15-14-22(20)25/h12-13,16,20,22H,4-11,14-15,17H2,1-3H3/p+1. The van der Waals surface area contributed by atoms with Crippen LogP contribution >= 0.6 is 0 Å². The third-order valence-electron chi connectivity index (χ3n) is 6.34. The number of fused-ring (bicyclic) bond motifs is 3. The fourth-order valence-electron chi connectivity index (χ4n) is 4.88. The second-order valence-corrected chi connectivity index (χ2v) is 8.57. The van der Waals surface area contributed by atoms with E-state index in [2.05, 4.69) is 44.0 Å². The Bertz CT molecular complexity index is 612. The number of piperidine rings is 1. The molecule has 3 heteroatoms. The van der Waals surface area contributed by atoms with Gasteiger partial charge in [0.25, 0.3) is 0 Å². The van der Waals surface area contributed by atoms with E-state index in [-0.39, 0.29) is 0 Å². The first kappa shape index (κ1) is 19.4. The quantitative estimate of drug-likeness (QED) is 0.702. The lowest BCUT2D eigenvalue weighted by atomic mass is 9.89. The van der Waals surface area contributed by atoms with Crippen molar-refractivity contribution in [3.8, 4) is 0 Å². The summed E-state index contributed by atoms with van der Waals surface area (Å²) in [6.07, 6.45) is 10.7. The predicted octanol–water partition coefficient (Wildman–Crippen LogP) is 3.85. The largest absolute Gasteiger partial charge is 0.337 e. The average molecular weight is 358 g/mol. The summed E-state index contributed by atoms with van der Waals surface area (Å²) in [5.74, 6) is 0.882. The van der Waals surface area contributed by atoms with E-state index >= 15 is 0 Å². The molecule has 0 aromatic heterocycles. The molecule has 0 aliphatic carbocycles. The Morgan fingerprint density at radius 2 is 1.88 bits per heavy atom. The third-order valence-corrected chi connectivity index (χ3v) is 6.34. The molecule has 0 spiro atoms. The number of nitrogens with one attached hydrogen (secondary N) is 1. The summed E-state index contributed by atoms with van der Waals surface area (Å²) >= 11 is 0. The molecule has 0 bridgehead atoms. The summed E-state index contributed by atoms with van der Waals surface area (Å²) in [4.78, 5) is 16.9. The van der Waals surface area contributed by atoms with E-state index in [1.807, 2.05) is 0 Å². The number of likely N-dealkylation sites (N-methyl/N-ethyl adjacent to an activating group) is 1. The number of hydrogen-bond donors (Lipinski definition) is 1. The third kappa shape index (κ3) is 4.31. The molecule has 1 fully saturated rings. The molecule has 1 aromatic carbocycles. The Morgan fingerprint density at radius 1 is 1.15 bits per heavy atom. The lowest BCUT2D eigenvalue weighted by molar-refractivity contribution is -0.886. The number of rotatable bonds is 8. The van der Waals surface area contributed by atoms with Crippen LogP contribution in [0.4, 0.5) is 5.69 Å². The van der Waals surface area contributed by atoms with Crippen molar-refractivity contribution in [2.45, 2.75) is 83.6 Å². The number of aryl methyl sites for hydroxylation is 1. The average Bonchev–Trinajstić information content (AvgIpc) is 2.94. The van der Waals surface area contributed by atoms with E-state index in [9.17, 15) is 4.79 Å². The highest BCUT2D eigenvalue weighted by Crippen LogP contribution is 2.43. The second kappa shape index (κ2) is 9.03. The van der Waals surface area contributed by atoms with Gasteiger partial charge in [-0.1, -0.05) is 63.1 Å². The summed E-state index contributed by atoms with van der Waals surface area (Å²) < 4.78 is 0. The van der Waals surface area contributed by atoms with Gasteiger partial charge in [0.2, 0.25) is 5.91 Å². The number of hydrogen-bond acceptors (Lipinski definition) is 1. The van der Waals surface area contributed by atoms with Gasteiger partial charge >= 0.3 is 0 Å². The zero-order valence-electron chi connectivity index (χ0n) is 17.0. The van der Waals surface area contributed by atoms with E-state index in [0.717, 1.165) is 19.4 Å². The predicted molar refractivity (Wildman–Crippen MR) is 109 cm³/mol. The van der Waals surface area contributed by atoms with Crippen LogP contribution in [0.2, 0.25) is 0 Å². The number of unbranched alkanes of at least 4 members (excludes halogenated alkanes) is 6. The van der Waals surface area contributed by atoms with Crippen LogP contribution in [0.1, 0.15) is 81.8 Å². The molecule has 3 unspecified atom stereocenters. The maximum atomic E-state index is 13.1. The van der Waals surface area contributed by atoms with Crippen molar-refractivity contribution in [3.63, 3.8) is 0 Å². The van der Waals surface area contributed by atoms with Gasteiger partial charge in [-0.3, -0.25) is 4.79 Å². The SMILES string of the molecule is CCCCCCCCCC(=O)N1c2ccc(C)cc2C2C[NH+](C)CCC21. The van der Waals surface area contributed by atoms with Crippen molar-refractivity contribution < 1.29 is 9.69 Å². The minimum Gasteiger partial charge on any atom is -0.337 e. The van der Waals surface area contributed by atoms with E-state index in [0.29, 0.717) is 24.3 Å². The lowest BCUT2D eigenvalue weighted by Gasteiger charge is -2.34. The molecule has 2 heterocycles. The van der Waals surface area contributed by atoms with Crippen LogP contribution < -0.4 is 9.80 Å². The molecule has 3 nitrogen and oxygen atoms in total. The molecule has 2 aliphatic rings. The van der Waals surface area contributed by atoms with E-state index in [4.69, 9.17) is 0 Å². The Balaban J connectivity index is 1.60. The van der Waals surface area contributed by atoms with Crippen LogP contribution in [0, 0.1) is 6.92 Å². The molecule has 1 aromatic rings. The molecular weight excluding hydrogens is 320 g/mol. The van der Waals surface area contributed by atoms with E-state index in [1.165, 1.54) is 61.9 Å². The summed E-state index contributed by atoms with van der Waals surface area (Å²) in [5, 5.41) is 0. The number of quaternary nitrogens is 1. The first-order chi connectivity index (χ1) is 12.6. The van der Waals surface area contributed by atoms with Crippen molar-refractivity contribution in [1.29, 1.82) is 0 Å². The molecule has 3 atom stereocenters. The van der Waals surface area contributed by atoms with Crippen molar-refractivity contribution in [2.75, 3.05) is 25.0 Å². The monoisotopic (exact) mass is 357 g/mol. The fourth-order valence-corrected chi connectivity index (χ4v) is 4.88. The van der Waals surface area contributed by atoms with Crippen LogP contribution in [-0.4, -0.2) is 32.1 Å². The molecule has 3 rings (SSSR count). The van der Waals surface area contributed by atoms with Gasteiger partial charge < -0.3 is 9.80 Å². The first-order valence-electron chi connectivity index (χ1n) is 10.9. The van der Waals surface area contributed by atoms with Crippen molar-refractivity contribution >= 4 is 11.6 Å². The number of likely N-dealkylation sites (tertiary alicyclic amines) is 1. The van der Waals surface area contributed by atoms with Crippen LogP contribution in [0.5, 0.6) is 0 Å². The first-order valence-corrected chi connectivity index (χ1v) is 10.9. The molecule has 144 valence electrons. The minimum atomic E-state index is 0.357. The summed E-state index contributed by atoms with van der Waals surface area (Å²) in [7, 11) is 2.29. The topological polar surface area (TPSA) is 24.8 Å². The van der Waals surface area contributed by atoms with Gasteiger partial charge in [-0.2, -0.15) is 0 Å². The molecule has 1 N–H and O–H groups in total. The van der Waals surface area contributed by atoms with Gasteiger partial charge in [-0.05, 0) is 25.0 Å². The molecule has 26 heavy (non-hydrogen) atoms. The van der Waals surface area contributed by atoms with E-state index in [1.54, 1.807) is 4.90 Å². The Hall–Kier alpha value is -1.35. The van der Waals surface area contributed by atoms with Gasteiger partial charge in [0, 0.05) is 18.5 Å². The van der Waals surface area contributed by atoms with Crippen molar-refractivity contribution in [3.05, 3.63) is 29.3 Å². The van der Waals surface area contributed by atoms with Gasteiger partial charge in [0.1, 0.15) is 0 Å². The number of amides is 1. The molecule has 0 radical (unpaired) electrons. The molecular formula is C23H37N2O+. The fraction of sp³-hybridized carbons (Fsp3) is 0.696. The van der Waals surface area contributed by atoms with Crippen molar-refractivity contribution in [1.82, 2.24) is 0 Å². The molecule has 2 aliphatic heterocycles. The summed E-state index contributed by atoms with van der Waals surface area (Å²) in [6.45, 7) is 6.75. The Kier molecular flexibility index (Phi) is 6.74. The number of nitrogens with zero attached hydrogens (tertiary/aromatic N) is 1. The maximum Gasteiger partial charge on any atom is 0.227 e. The van der Waals surface area contributed by atoms with Gasteiger partial charge in [-0.25, -0.2) is 0 Å². The molecule has 1 saturated heterocycles. The summed E-state index contributed by atoms with van der Waals surface area (Å²) in [5.41, 5.74) is 3.93. The van der Waals surface area contributed by atoms with Crippen LogP contribution in [-0.2, 0) is 4.79 Å². The Morgan fingerprint density at radius 3 is 2.65 bits per heavy atom. The molecule has 0 saturated carbocycles. The number of anilines is 1.